The molecule has 1 aliphatic heterocycles. The van der Waals surface area contributed by atoms with Crippen LogP contribution in [0.4, 0.5) is 0 Å². The minimum Gasteiger partial charge on any atom is -0.374 e. The van der Waals surface area contributed by atoms with E-state index in [2.05, 4.69) is 29.4 Å². The summed E-state index contributed by atoms with van der Waals surface area (Å²) in [7, 11) is 0. The minimum atomic E-state index is -0.195. The second-order valence-electron chi connectivity index (χ2n) is 4.68. The normalized spacial score (nSPS) is 26.3. The van der Waals surface area contributed by atoms with Crippen LogP contribution in [0.3, 0.4) is 0 Å². The highest BCUT2D eigenvalue weighted by molar-refractivity contribution is 4.99. The van der Waals surface area contributed by atoms with Gasteiger partial charge in [0.15, 0.2) is 0 Å². The summed E-state index contributed by atoms with van der Waals surface area (Å²) >= 11 is 0. The van der Waals surface area contributed by atoms with Crippen LogP contribution in [0.1, 0.15) is 32.5 Å². The first-order valence-corrected chi connectivity index (χ1v) is 6.16. The molecule has 1 aromatic rings. The first kappa shape index (κ1) is 12.5. The van der Waals surface area contributed by atoms with Crippen LogP contribution < -0.4 is 11.3 Å². The highest BCUT2D eigenvalue weighted by Gasteiger charge is 2.38. The van der Waals surface area contributed by atoms with Gasteiger partial charge in [0.2, 0.25) is 0 Å². The average molecular weight is 239 g/mol. The molecule has 1 fully saturated rings. The van der Waals surface area contributed by atoms with Crippen molar-refractivity contribution < 1.29 is 4.74 Å². The van der Waals surface area contributed by atoms with Crippen molar-refractivity contribution in [3.8, 4) is 0 Å². The molecule has 0 amide bonds. The fourth-order valence-electron chi connectivity index (χ4n) is 2.42. The molecule has 17 heavy (non-hydrogen) atoms. The third-order valence-electron chi connectivity index (χ3n) is 3.57. The Morgan fingerprint density at radius 3 is 3.12 bits per heavy atom. The first-order chi connectivity index (χ1) is 8.19. The molecule has 2 atom stereocenters. The summed E-state index contributed by atoms with van der Waals surface area (Å²) in [6.45, 7) is 5.80. The van der Waals surface area contributed by atoms with E-state index in [1.54, 1.807) is 6.33 Å². The van der Waals surface area contributed by atoms with Crippen LogP contribution in [-0.4, -0.2) is 33.0 Å². The largest absolute Gasteiger partial charge is 0.374 e. The summed E-state index contributed by atoms with van der Waals surface area (Å²) in [6.07, 6.45) is 4.45. The number of aromatic nitrogens is 3. The molecule has 2 heterocycles. The van der Waals surface area contributed by atoms with Crippen LogP contribution in [0, 0.1) is 0 Å². The third kappa shape index (κ3) is 2.48. The number of nitrogens with two attached hydrogens (primary N) is 1. The van der Waals surface area contributed by atoms with E-state index < -0.39 is 0 Å². The van der Waals surface area contributed by atoms with E-state index >= 15 is 0 Å². The van der Waals surface area contributed by atoms with Gasteiger partial charge in [-0.25, -0.2) is 4.98 Å². The smallest absolute Gasteiger partial charge is 0.138 e. The lowest BCUT2D eigenvalue weighted by atomic mass is 9.91. The molecule has 6 heteroatoms. The van der Waals surface area contributed by atoms with Crippen molar-refractivity contribution in [2.75, 3.05) is 6.61 Å². The van der Waals surface area contributed by atoms with Crippen LogP contribution >= 0.6 is 0 Å². The lowest BCUT2D eigenvalue weighted by Gasteiger charge is -2.32. The van der Waals surface area contributed by atoms with Crippen molar-refractivity contribution in [1.82, 2.24) is 20.2 Å². The van der Waals surface area contributed by atoms with Gasteiger partial charge in [-0.15, -0.1) is 0 Å². The number of hydrazine groups is 1. The van der Waals surface area contributed by atoms with E-state index in [0.29, 0.717) is 0 Å². The predicted molar refractivity (Wildman–Crippen MR) is 64.1 cm³/mol. The van der Waals surface area contributed by atoms with E-state index in [-0.39, 0.29) is 11.6 Å². The molecule has 1 saturated heterocycles. The van der Waals surface area contributed by atoms with Gasteiger partial charge < -0.3 is 4.74 Å². The van der Waals surface area contributed by atoms with Crippen molar-refractivity contribution in [3.63, 3.8) is 0 Å². The molecule has 2 rings (SSSR count). The second kappa shape index (κ2) is 5.12. The Hall–Kier alpha value is -0.980. The first-order valence-electron chi connectivity index (χ1n) is 6.16. The number of rotatable bonds is 5. The molecule has 0 bridgehead atoms. The van der Waals surface area contributed by atoms with Crippen molar-refractivity contribution in [3.05, 3.63) is 12.2 Å². The molecular formula is C11H21N5O. The highest BCUT2D eigenvalue weighted by atomic mass is 16.5. The van der Waals surface area contributed by atoms with Crippen molar-refractivity contribution in [1.29, 1.82) is 0 Å². The molecule has 3 N–H and O–H groups in total. The van der Waals surface area contributed by atoms with Gasteiger partial charge in [0.1, 0.15) is 12.2 Å². The lowest BCUT2D eigenvalue weighted by Crippen LogP contribution is -2.53. The number of aryl methyl sites for hydroxylation is 1. The van der Waals surface area contributed by atoms with Gasteiger partial charge in [0.05, 0.1) is 11.6 Å². The molecule has 0 saturated carbocycles. The summed E-state index contributed by atoms with van der Waals surface area (Å²) in [5.74, 6) is 6.61. The molecule has 1 aromatic heterocycles. The van der Waals surface area contributed by atoms with Gasteiger partial charge in [-0.3, -0.25) is 16.0 Å². The van der Waals surface area contributed by atoms with E-state index in [9.17, 15) is 0 Å². The van der Waals surface area contributed by atoms with Crippen LogP contribution in [-0.2, 0) is 17.7 Å². The molecule has 1 aliphatic rings. The minimum absolute atomic E-state index is 0.0690. The number of hydrogen-bond donors (Lipinski definition) is 2. The Morgan fingerprint density at radius 1 is 1.71 bits per heavy atom. The zero-order chi connectivity index (χ0) is 12.3. The number of ether oxygens (including phenoxy) is 1. The van der Waals surface area contributed by atoms with Gasteiger partial charge >= 0.3 is 0 Å². The molecule has 0 spiro atoms. The molecule has 96 valence electrons. The van der Waals surface area contributed by atoms with Gasteiger partial charge in [-0.1, -0.05) is 0 Å². The Kier molecular flexibility index (Phi) is 3.76. The Bertz CT molecular complexity index is 358. The van der Waals surface area contributed by atoms with Crippen molar-refractivity contribution >= 4 is 0 Å². The average Bonchev–Trinajstić information content (AvgIpc) is 2.95. The number of hydrogen-bond acceptors (Lipinski definition) is 5. The maximum Gasteiger partial charge on any atom is 0.138 e. The zero-order valence-electron chi connectivity index (χ0n) is 10.5. The topological polar surface area (TPSA) is 78.0 Å². The molecule has 6 nitrogen and oxygen atoms in total. The van der Waals surface area contributed by atoms with Gasteiger partial charge in [0.25, 0.3) is 0 Å². The van der Waals surface area contributed by atoms with Crippen LogP contribution in [0.2, 0.25) is 0 Å². The van der Waals surface area contributed by atoms with E-state index in [4.69, 9.17) is 10.6 Å². The summed E-state index contributed by atoms with van der Waals surface area (Å²) in [5, 5.41) is 4.17. The number of nitrogens with one attached hydrogen (secondary N) is 1. The van der Waals surface area contributed by atoms with E-state index in [1.807, 2.05) is 4.68 Å². The number of nitrogens with zero attached hydrogens (tertiary/aromatic N) is 3. The van der Waals surface area contributed by atoms with Crippen LogP contribution in [0.5, 0.6) is 0 Å². The fraction of sp³-hybridized carbons (Fsp3) is 0.818. The SMILES string of the molecule is CCn1ncnc1CC(NN)C1(C)CCCO1. The van der Waals surface area contributed by atoms with E-state index in [1.165, 1.54) is 0 Å². The maximum absolute atomic E-state index is 5.82. The zero-order valence-corrected chi connectivity index (χ0v) is 10.5. The monoisotopic (exact) mass is 239 g/mol. The summed E-state index contributed by atoms with van der Waals surface area (Å²) < 4.78 is 7.71. The predicted octanol–water partition coefficient (Wildman–Crippen LogP) is 0.242. The quantitative estimate of drug-likeness (QED) is 0.568. The summed E-state index contributed by atoms with van der Waals surface area (Å²) in [4.78, 5) is 4.28. The molecule has 2 unspecified atom stereocenters. The Balaban J connectivity index is 2.09. The van der Waals surface area contributed by atoms with Crippen molar-refractivity contribution in [2.24, 2.45) is 5.84 Å². The van der Waals surface area contributed by atoms with Gasteiger partial charge in [0, 0.05) is 19.6 Å². The second-order valence-corrected chi connectivity index (χ2v) is 4.68. The maximum atomic E-state index is 5.82. The third-order valence-corrected chi connectivity index (χ3v) is 3.57. The highest BCUT2D eigenvalue weighted by Crippen LogP contribution is 2.29. The summed E-state index contributed by atoms with van der Waals surface area (Å²) in [5.41, 5.74) is 2.67. The molecule has 0 aliphatic carbocycles. The Morgan fingerprint density at radius 2 is 2.53 bits per heavy atom. The molecule has 0 aromatic carbocycles. The lowest BCUT2D eigenvalue weighted by molar-refractivity contribution is -0.0122. The van der Waals surface area contributed by atoms with Gasteiger partial charge in [-0.05, 0) is 26.7 Å². The van der Waals surface area contributed by atoms with Crippen LogP contribution in [0.15, 0.2) is 6.33 Å². The van der Waals surface area contributed by atoms with E-state index in [0.717, 1.165) is 38.2 Å². The van der Waals surface area contributed by atoms with Gasteiger partial charge in [-0.2, -0.15) is 5.10 Å². The fourth-order valence-corrected chi connectivity index (χ4v) is 2.42. The van der Waals surface area contributed by atoms with Crippen LogP contribution in [0.25, 0.3) is 0 Å². The summed E-state index contributed by atoms with van der Waals surface area (Å²) in [6, 6.07) is 0.0690. The Labute approximate surface area is 102 Å². The van der Waals surface area contributed by atoms with Crippen molar-refractivity contribution in [2.45, 2.75) is 51.3 Å². The standard InChI is InChI=1S/C11H21N5O/c1-3-16-10(13-8-14-16)7-9(15-12)11(2)5-4-6-17-11/h8-9,15H,3-7,12H2,1-2H3. The molecular weight excluding hydrogens is 218 g/mol. The molecule has 0 radical (unpaired) electrons.